The molecule has 3 aromatic rings. The van der Waals surface area contributed by atoms with Gasteiger partial charge >= 0.3 is 5.97 Å². The van der Waals surface area contributed by atoms with Gasteiger partial charge in [-0.25, -0.2) is 9.48 Å². The van der Waals surface area contributed by atoms with Crippen molar-refractivity contribution >= 4 is 16.9 Å². The minimum atomic E-state index is -0.645. The topological polar surface area (TPSA) is 109 Å². The number of nitrogens with zero attached hydrogens (tertiary/aromatic N) is 4. The zero-order chi connectivity index (χ0) is 20.8. The molecule has 10 nitrogen and oxygen atoms in total. The average molecular weight is 412 g/mol. The first-order chi connectivity index (χ1) is 14.6. The number of ether oxygens (including phenoxy) is 3. The Morgan fingerprint density at radius 2 is 2.13 bits per heavy atom. The summed E-state index contributed by atoms with van der Waals surface area (Å²) in [6.45, 7) is 2.85. The Kier molecular flexibility index (Phi) is 4.43. The fourth-order valence-electron chi connectivity index (χ4n) is 4.14. The molecule has 30 heavy (non-hydrogen) atoms. The fourth-order valence-corrected chi connectivity index (χ4v) is 4.14. The van der Waals surface area contributed by atoms with Gasteiger partial charge in [-0.2, -0.15) is 5.10 Å². The summed E-state index contributed by atoms with van der Waals surface area (Å²) < 4.78 is 22.1. The lowest BCUT2D eigenvalue weighted by Gasteiger charge is -2.25. The third kappa shape index (κ3) is 2.91. The number of fused-ring (bicyclic) bond motifs is 2. The van der Waals surface area contributed by atoms with Crippen molar-refractivity contribution in [3.63, 3.8) is 0 Å². The second-order valence-corrected chi connectivity index (χ2v) is 7.33. The van der Waals surface area contributed by atoms with Gasteiger partial charge in [-0.05, 0) is 37.5 Å². The van der Waals surface area contributed by atoms with Gasteiger partial charge in [0.1, 0.15) is 5.76 Å². The lowest BCUT2D eigenvalue weighted by Crippen LogP contribution is -2.35. The summed E-state index contributed by atoms with van der Waals surface area (Å²) in [6, 6.07) is 5.98. The zero-order valence-electron chi connectivity index (χ0n) is 16.6. The number of hydrogen-bond donors (Lipinski definition) is 0. The van der Waals surface area contributed by atoms with Crippen LogP contribution >= 0.6 is 0 Å². The van der Waals surface area contributed by atoms with E-state index in [0.717, 1.165) is 36.4 Å². The molecule has 10 heteroatoms. The number of aryl methyl sites for hydroxylation is 1. The van der Waals surface area contributed by atoms with Crippen molar-refractivity contribution in [1.29, 1.82) is 0 Å². The van der Waals surface area contributed by atoms with Crippen molar-refractivity contribution < 1.29 is 23.5 Å². The SMILES string of the molecule is COC(=O)c1nn(CN2CCCC2c2ccc3c(c2)OCO3)c(=O)c2noc(C)c12. The van der Waals surface area contributed by atoms with Crippen LogP contribution in [-0.2, 0) is 11.4 Å². The molecule has 2 aliphatic rings. The molecule has 0 N–H and O–H groups in total. The lowest BCUT2D eigenvalue weighted by atomic mass is 10.0. The number of esters is 1. The van der Waals surface area contributed by atoms with Crippen LogP contribution in [0, 0.1) is 6.92 Å². The van der Waals surface area contributed by atoms with Gasteiger partial charge in [0.15, 0.2) is 22.7 Å². The Bertz CT molecular complexity index is 1200. The van der Waals surface area contributed by atoms with Crippen LogP contribution in [0.2, 0.25) is 0 Å². The van der Waals surface area contributed by atoms with Crippen LogP contribution in [0.3, 0.4) is 0 Å². The number of hydrogen-bond acceptors (Lipinski definition) is 9. The van der Waals surface area contributed by atoms with Crippen LogP contribution in [0.5, 0.6) is 11.5 Å². The minimum Gasteiger partial charge on any atom is -0.464 e. The highest BCUT2D eigenvalue weighted by molar-refractivity contribution is 6.01. The average Bonchev–Trinajstić information content (AvgIpc) is 3.49. The van der Waals surface area contributed by atoms with Crippen molar-refractivity contribution in [1.82, 2.24) is 19.8 Å². The molecule has 1 unspecified atom stereocenters. The number of methoxy groups -OCH3 is 1. The summed E-state index contributed by atoms with van der Waals surface area (Å²) in [5.41, 5.74) is 0.758. The number of likely N-dealkylation sites (tertiary alicyclic amines) is 1. The van der Waals surface area contributed by atoms with Crippen molar-refractivity contribution in [3.8, 4) is 11.5 Å². The summed E-state index contributed by atoms with van der Waals surface area (Å²) >= 11 is 0. The molecule has 0 aliphatic carbocycles. The van der Waals surface area contributed by atoms with Gasteiger partial charge in [0.05, 0.1) is 19.2 Å². The minimum absolute atomic E-state index is 0.0182. The Morgan fingerprint density at radius 1 is 1.30 bits per heavy atom. The second-order valence-electron chi connectivity index (χ2n) is 7.33. The molecule has 0 saturated carbocycles. The molecule has 0 radical (unpaired) electrons. The van der Waals surface area contributed by atoms with Crippen molar-refractivity contribution in [2.24, 2.45) is 0 Å². The number of benzene rings is 1. The largest absolute Gasteiger partial charge is 0.464 e. The summed E-state index contributed by atoms with van der Waals surface area (Å²) in [7, 11) is 1.27. The van der Waals surface area contributed by atoms with Gasteiger partial charge in [0.2, 0.25) is 6.79 Å². The molecule has 0 spiro atoms. The first-order valence-corrected chi connectivity index (χ1v) is 9.66. The molecule has 5 rings (SSSR count). The molecular formula is C20H20N4O6. The molecule has 1 fully saturated rings. The number of carbonyl (C=O) groups is 1. The van der Waals surface area contributed by atoms with Gasteiger partial charge in [-0.1, -0.05) is 11.2 Å². The first kappa shape index (κ1) is 18.6. The number of aromatic nitrogens is 3. The smallest absolute Gasteiger partial charge is 0.359 e. The molecule has 156 valence electrons. The Balaban J connectivity index is 1.51. The second kappa shape index (κ2) is 7.13. The van der Waals surface area contributed by atoms with E-state index >= 15 is 0 Å². The van der Waals surface area contributed by atoms with Crippen LogP contribution in [0.1, 0.15) is 40.7 Å². The predicted molar refractivity (Wildman–Crippen MR) is 103 cm³/mol. The number of rotatable bonds is 4. The van der Waals surface area contributed by atoms with Gasteiger partial charge in [0.25, 0.3) is 5.56 Å². The zero-order valence-corrected chi connectivity index (χ0v) is 16.6. The summed E-state index contributed by atoms with van der Waals surface area (Å²) in [4.78, 5) is 27.4. The fraction of sp³-hybridized carbons (Fsp3) is 0.400. The van der Waals surface area contributed by atoms with Crippen molar-refractivity contribution in [3.05, 3.63) is 45.6 Å². The van der Waals surface area contributed by atoms with E-state index in [2.05, 4.69) is 15.2 Å². The van der Waals surface area contributed by atoms with E-state index < -0.39 is 11.5 Å². The highest BCUT2D eigenvalue weighted by Crippen LogP contribution is 2.39. The quantitative estimate of drug-likeness (QED) is 0.594. The van der Waals surface area contributed by atoms with Crippen LogP contribution in [-0.4, -0.2) is 46.3 Å². The van der Waals surface area contributed by atoms with Crippen molar-refractivity contribution in [2.45, 2.75) is 32.5 Å². The van der Waals surface area contributed by atoms with E-state index in [9.17, 15) is 9.59 Å². The molecule has 1 aromatic carbocycles. The molecule has 2 aromatic heterocycles. The Morgan fingerprint density at radius 3 is 2.97 bits per heavy atom. The molecule has 0 bridgehead atoms. The first-order valence-electron chi connectivity index (χ1n) is 9.66. The van der Waals surface area contributed by atoms with E-state index in [1.807, 2.05) is 18.2 Å². The van der Waals surface area contributed by atoms with Crippen LogP contribution in [0.15, 0.2) is 27.5 Å². The van der Waals surface area contributed by atoms with Gasteiger partial charge in [-0.3, -0.25) is 9.69 Å². The maximum absolute atomic E-state index is 13.0. The van der Waals surface area contributed by atoms with E-state index in [0.29, 0.717) is 5.76 Å². The molecule has 0 amide bonds. The van der Waals surface area contributed by atoms with Crippen LogP contribution < -0.4 is 15.0 Å². The predicted octanol–water partition coefficient (Wildman–Crippen LogP) is 2.00. The molecule has 2 aliphatic heterocycles. The van der Waals surface area contributed by atoms with Crippen LogP contribution in [0.4, 0.5) is 0 Å². The maximum Gasteiger partial charge on any atom is 0.359 e. The highest BCUT2D eigenvalue weighted by Gasteiger charge is 2.30. The third-order valence-corrected chi connectivity index (χ3v) is 5.60. The van der Waals surface area contributed by atoms with Gasteiger partial charge in [-0.15, -0.1) is 0 Å². The molecule has 1 saturated heterocycles. The molecular weight excluding hydrogens is 392 g/mol. The van der Waals surface area contributed by atoms with Crippen molar-refractivity contribution in [2.75, 3.05) is 20.4 Å². The number of carbonyl (C=O) groups excluding carboxylic acids is 1. The van der Waals surface area contributed by atoms with E-state index in [1.54, 1.807) is 6.92 Å². The Hall–Kier alpha value is -3.40. The normalized spacial score (nSPS) is 18.3. The summed E-state index contributed by atoms with van der Waals surface area (Å²) in [6.07, 6.45) is 1.91. The van der Waals surface area contributed by atoms with E-state index in [-0.39, 0.29) is 36.1 Å². The van der Waals surface area contributed by atoms with Gasteiger partial charge < -0.3 is 18.7 Å². The summed E-state index contributed by atoms with van der Waals surface area (Å²) in [5, 5.41) is 8.43. The monoisotopic (exact) mass is 412 g/mol. The van der Waals surface area contributed by atoms with Gasteiger partial charge in [0, 0.05) is 12.6 Å². The molecule has 4 heterocycles. The third-order valence-electron chi connectivity index (χ3n) is 5.60. The maximum atomic E-state index is 13.0. The Labute approximate surface area is 170 Å². The molecule has 1 atom stereocenters. The highest BCUT2D eigenvalue weighted by atomic mass is 16.7. The standard InChI is InChI=1S/C20H20N4O6/c1-11-16-17(22-30-11)19(25)24(21-18(16)20(26)27-2)9-23-7-3-4-13(23)12-5-6-14-15(8-12)29-10-28-14/h5-6,8,13H,3-4,7,9-10H2,1-2H3. The van der Waals surface area contributed by atoms with Crippen LogP contribution in [0.25, 0.3) is 10.9 Å². The summed E-state index contributed by atoms with van der Waals surface area (Å²) in [5.74, 6) is 1.16. The van der Waals surface area contributed by atoms with E-state index in [4.69, 9.17) is 18.7 Å². The lowest BCUT2D eigenvalue weighted by molar-refractivity contribution is 0.0591. The van der Waals surface area contributed by atoms with E-state index in [1.165, 1.54) is 11.8 Å².